The van der Waals surface area contributed by atoms with E-state index in [0.717, 1.165) is 0 Å². The summed E-state index contributed by atoms with van der Waals surface area (Å²) in [6, 6.07) is 4.13. The molecule has 13 heavy (non-hydrogen) atoms. The Balaban J connectivity index is 3.05. The number of aliphatic hydroxyl groups is 1. The maximum Gasteiger partial charge on any atom is 0.127 e. The van der Waals surface area contributed by atoms with E-state index in [4.69, 9.17) is 4.74 Å². The molecule has 1 rings (SSSR count). The molecule has 0 aliphatic carbocycles. The molecule has 0 fully saturated rings. The molecule has 1 unspecified atom stereocenters. The van der Waals surface area contributed by atoms with Gasteiger partial charge in [0, 0.05) is 11.6 Å². The van der Waals surface area contributed by atoms with E-state index < -0.39 is 6.10 Å². The highest BCUT2D eigenvalue weighted by atomic mass is 19.1. The van der Waals surface area contributed by atoms with E-state index in [2.05, 4.69) is 0 Å². The fourth-order valence-corrected chi connectivity index (χ4v) is 1.18. The highest BCUT2D eigenvalue weighted by Crippen LogP contribution is 2.27. The van der Waals surface area contributed by atoms with E-state index >= 15 is 0 Å². The predicted molar refractivity (Wildman–Crippen MR) is 48.2 cm³/mol. The van der Waals surface area contributed by atoms with Crippen LogP contribution in [0.15, 0.2) is 18.2 Å². The minimum atomic E-state index is -0.587. The molecule has 0 bridgehead atoms. The first-order valence-corrected chi connectivity index (χ1v) is 4.20. The summed E-state index contributed by atoms with van der Waals surface area (Å²) in [5, 5.41) is 9.53. The third-order valence-electron chi connectivity index (χ3n) is 1.94. The van der Waals surface area contributed by atoms with Crippen LogP contribution >= 0.6 is 0 Å². The van der Waals surface area contributed by atoms with Gasteiger partial charge >= 0.3 is 0 Å². The highest BCUT2D eigenvalue weighted by molar-refractivity contribution is 5.35. The second-order valence-corrected chi connectivity index (χ2v) is 2.81. The summed E-state index contributed by atoms with van der Waals surface area (Å²) in [6.07, 6.45) is -0.00214. The van der Waals surface area contributed by atoms with Crippen molar-refractivity contribution in [3.63, 3.8) is 0 Å². The Morgan fingerprint density at radius 2 is 2.23 bits per heavy atom. The number of hydrogen-bond donors (Lipinski definition) is 1. The van der Waals surface area contributed by atoms with Crippen LogP contribution in [-0.4, -0.2) is 12.2 Å². The van der Waals surface area contributed by atoms with Gasteiger partial charge in [-0.1, -0.05) is 6.92 Å². The van der Waals surface area contributed by atoms with Crippen LogP contribution in [0.25, 0.3) is 0 Å². The standard InChI is InChI=1S/C10H13FO2/c1-3-9(12)8-5-4-7(11)6-10(8)13-2/h4-6,9,12H,3H2,1-2H3. The summed E-state index contributed by atoms with van der Waals surface area (Å²) < 4.78 is 17.7. The first kappa shape index (κ1) is 9.99. The molecule has 0 saturated heterocycles. The molecule has 1 aromatic rings. The highest BCUT2D eigenvalue weighted by Gasteiger charge is 2.11. The lowest BCUT2D eigenvalue weighted by Crippen LogP contribution is -1.99. The molecule has 0 radical (unpaired) electrons. The molecule has 0 spiro atoms. The number of aliphatic hydroxyl groups excluding tert-OH is 1. The van der Waals surface area contributed by atoms with Crippen molar-refractivity contribution in [2.75, 3.05) is 7.11 Å². The summed E-state index contributed by atoms with van der Waals surface area (Å²) in [5.41, 5.74) is 0.631. The second kappa shape index (κ2) is 4.23. The zero-order valence-electron chi connectivity index (χ0n) is 7.75. The maximum atomic E-state index is 12.7. The summed E-state index contributed by atoms with van der Waals surface area (Å²) >= 11 is 0. The Hall–Kier alpha value is -1.09. The van der Waals surface area contributed by atoms with Gasteiger partial charge in [-0.15, -0.1) is 0 Å². The summed E-state index contributed by atoms with van der Waals surface area (Å²) in [6.45, 7) is 1.85. The summed E-state index contributed by atoms with van der Waals surface area (Å²) in [4.78, 5) is 0. The lowest BCUT2D eigenvalue weighted by atomic mass is 10.1. The van der Waals surface area contributed by atoms with Gasteiger partial charge in [-0.3, -0.25) is 0 Å². The molecule has 1 N–H and O–H groups in total. The topological polar surface area (TPSA) is 29.5 Å². The van der Waals surface area contributed by atoms with Crippen LogP contribution in [0.4, 0.5) is 4.39 Å². The van der Waals surface area contributed by atoms with Crippen molar-refractivity contribution < 1.29 is 14.2 Å². The lowest BCUT2D eigenvalue weighted by Gasteiger charge is -2.12. The molecular formula is C10H13FO2. The van der Waals surface area contributed by atoms with Crippen LogP contribution in [0, 0.1) is 5.82 Å². The van der Waals surface area contributed by atoms with Gasteiger partial charge in [-0.2, -0.15) is 0 Å². The monoisotopic (exact) mass is 184 g/mol. The van der Waals surface area contributed by atoms with E-state index in [1.54, 1.807) is 6.07 Å². The Labute approximate surface area is 77.0 Å². The number of hydrogen-bond acceptors (Lipinski definition) is 2. The number of rotatable bonds is 3. The molecule has 0 aromatic heterocycles. The fraction of sp³-hybridized carbons (Fsp3) is 0.400. The third kappa shape index (κ3) is 2.18. The second-order valence-electron chi connectivity index (χ2n) is 2.81. The van der Waals surface area contributed by atoms with Gasteiger partial charge < -0.3 is 9.84 Å². The number of halogens is 1. The number of ether oxygens (including phenoxy) is 1. The zero-order chi connectivity index (χ0) is 9.84. The fourth-order valence-electron chi connectivity index (χ4n) is 1.18. The van der Waals surface area contributed by atoms with E-state index in [-0.39, 0.29) is 5.82 Å². The quantitative estimate of drug-likeness (QED) is 0.780. The van der Waals surface area contributed by atoms with Crippen LogP contribution in [0.2, 0.25) is 0 Å². The number of benzene rings is 1. The SMILES string of the molecule is CCC(O)c1ccc(F)cc1OC. The Bertz CT molecular complexity index is 286. The van der Waals surface area contributed by atoms with E-state index in [1.807, 2.05) is 6.92 Å². The number of methoxy groups -OCH3 is 1. The average Bonchev–Trinajstić information content (AvgIpc) is 2.16. The zero-order valence-corrected chi connectivity index (χ0v) is 7.75. The third-order valence-corrected chi connectivity index (χ3v) is 1.94. The van der Waals surface area contributed by atoms with Crippen molar-refractivity contribution in [3.8, 4) is 5.75 Å². The average molecular weight is 184 g/mol. The van der Waals surface area contributed by atoms with Gasteiger partial charge in [0.05, 0.1) is 13.2 Å². The molecule has 0 amide bonds. The van der Waals surface area contributed by atoms with Crippen LogP contribution in [0.5, 0.6) is 5.75 Å². The van der Waals surface area contributed by atoms with Gasteiger partial charge in [0.1, 0.15) is 11.6 Å². The van der Waals surface area contributed by atoms with Crippen molar-refractivity contribution in [2.24, 2.45) is 0 Å². The first-order valence-electron chi connectivity index (χ1n) is 4.20. The van der Waals surface area contributed by atoms with Crippen molar-refractivity contribution in [1.29, 1.82) is 0 Å². The summed E-state index contributed by atoms with van der Waals surface area (Å²) in [5.74, 6) is 0.0400. The van der Waals surface area contributed by atoms with Gasteiger partial charge in [0.15, 0.2) is 0 Å². The van der Waals surface area contributed by atoms with Gasteiger partial charge in [-0.25, -0.2) is 4.39 Å². The molecule has 2 nitrogen and oxygen atoms in total. The molecule has 72 valence electrons. The lowest BCUT2D eigenvalue weighted by molar-refractivity contribution is 0.169. The molecular weight excluding hydrogens is 171 g/mol. The predicted octanol–water partition coefficient (Wildman–Crippen LogP) is 2.28. The molecule has 1 aromatic carbocycles. The van der Waals surface area contributed by atoms with Crippen molar-refractivity contribution in [3.05, 3.63) is 29.6 Å². The van der Waals surface area contributed by atoms with Crippen molar-refractivity contribution >= 4 is 0 Å². The first-order chi connectivity index (χ1) is 6.19. The van der Waals surface area contributed by atoms with Crippen LogP contribution in [-0.2, 0) is 0 Å². The molecule has 0 heterocycles. The van der Waals surface area contributed by atoms with Gasteiger partial charge in [-0.05, 0) is 18.6 Å². The van der Waals surface area contributed by atoms with E-state index in [1.165, 1.54) is 19.2 Å². The Morgan fingerprint density at radius 3 is 2.77 bits per heavy atom. The Morgan fingerprint density at radius 1 is 1.54 bits per heavy atom. The maximum absolute atomic E-state index is 12.7. The minimum Gasteiger partial charge on any atom is -0.496 e. The van der Waals surface area contributed by atoms with Crippen molar-refractivity contribution in [1.82, 2.24) is 0 Å². The molecule has 3 heteroatoms. The van der Waals surface area contributed by atoms with Crippen LogP contribution < -0.4 is 4.74 Å². The van der Waals surface area contributed by atoms with Crippen LogP contribution in [0.3, 0.4) is 0 Å². The molecule has 1 atom stereocenters. The Kier molecular flexibility index (Phi) is 3.25. The summed E-state index contributed by atoms with van der Waals surface area (Å²) in [7, 11) is 1.46. The smallest absolute Gasteiger partial charge is 0.127 e. The normalized spacial score (nSPS) is 12.6. The van der Waals surface area contributed by atoms with Crippen LogP contribution in [0.1, 0.15) is 25.0 Å². The molecule has 0 aliphatic rings. The van der Waals surface area contributed by atoms with Gasteiger partial charge in [0.25, 0.3) is 0 Å². The van der Waals surface area contributed by atoms with Crippen molar-refractivity contribution in [2.45, 2.75) is 19.4 Å². The largest absolute Gasteiger partial charge is 0.496 e. The van der Waals surface area contributed by atoms with E-state index in [9.17, 15) is 9.50 Å². The van der Waals surface area contributed by atoms with Gasteiger partial charge in [0.2, 0.25) is 0 Å². The molecule has 0 aliphatic heterocycles. The molecule has 0 saturated carbocycles. The van der Waals surface area contributed by atoms with E-state index in [0.29, 0.717) is 17.7 Å². The minimum absolute atomic E-state index is 0.357.